The van der Waals surface area contributed by atoms with Crippen molar-refractivity contribution in [1.82, 2.24) is 26.2 Å². The van der Waals surface area contributed by atoms with Gasteiger partial charge in [-0.15, -0.1) is 0 Å². The number of carbonyl (C=O) groups excluding carboxylic acids is 7. The normalized spacial score (nSPS) is 16.0. The average Bonchev–Trinajstić information content (AvgIpc) is 3.26. The summed E-state index contributed by atoms with van der Waals surface area (Å²) in [7, 11) is 0. The molecule has 4 rings (SSSR count). The second-order valence-electron chi connectivity index (χ2n) is 14.9. The summed E-state index contributed by atoms with van der Waals surface area (Å²) in [6.45, 7) is 8.89. The van der Waals surface area contributed by atoms with Crippen LogP contribution in [-0.2, 0) is 28.8 Å². The van der Waals surface area contributed by atoms with E-state index in [1.165, 1.54) is 13.8 Å². The van der Waals surface area contributed by atoms with Crippen molar-refractivity contribution in [3.05, 3.63) is 54.1 Å². The predicted molar refractivity (Wildman–Crippen MR) is 209 cm³/mol. The highest BCUT2D eigenvalue weighted by Crippen LogP contribution is 2.38. The molecule has 0 aromatic heterocycles. The summed E-state index contributed by atoms with van der Waals surface area (Å²) in [5.41, 5.74) is 7.45. The number of hydrogen-bond acceptors (Lipinski definition) is 8. The van der Waals surface area contributed by atoms with Crippen LogP contribution in [0.1, 0.15) is 89.4 Å². The summed E-state index contributed by atoms with van der Waals surface area (Å²) in [4.78, 5) is 92.3. The van der Waals surface area contributed by atoms with E-state index < -0.39 is 41.8 Å². The molecule has 298 valence electrons. The number of rotatable bonds is 18. The van der Waals surface area contributed by atoms with Crippen LogP contribution in [-0.4, -0.2) is 90.6 Å². The molecule has 0 radical (unpaired) electrons. The summed E-state index contributed by atoms with van der Waals surface area (Å²) < 4.78 is 0. The van der Waals surface area contributed by atoms with Crippen LogP contribution < -0.4 is 37.2 Å². The Labute approximate surface area is 322 Å². The maximum absolute atomic E-state index is 13.8. The Morgan fingerprint density at radius 2 is 1.51 bits per heavy atom. The molecule has 7 amide bonds. The van der Waals surface area contributed by atoms with E-state index in [1.54, 1.807) is 29.2 Å². The number of nitrogens with one attached hydrogen (secondary N) is 5. The lowest BCUT2D eigenvalue weighted by molar-refractivity contribution is -0.133. The van der Waals surface area contributed by atoms with Gasteiger partial charge in [-0.2, -0.15) is 0 Å². The van der Waals surface area contributed by atoms with Gasteiger partial charge in [0.05, 0.1) is 29.2 Å². The lowest BCUT2D eigenvalue weighted by Gasteiger charge is -2.33. The molecule has 15 heteroatoms. The van der Waals surface area contributed by atoms with Crippen molar-refractivity contribution < 1.29 is 33.6 Å². The first-order valence-corrected chi connectivity index (χ1v) is 19.2. The molecule has 1 fully saturated rings. The van der Waals surface area contributed by atoms with Gasteiger partial charge in [0.25, 0.3) is 5.91 Å². The molecule has 15 nitrogen and oxygen atoms in total. The molecule has 0 spiro atoms. The minimum absolute atomic E-state index is 0.0126. The second-order valence-corrected chi connectivity index (χ2v) is 14.9. The van der Waals surface area contributed by atoms with Gasteiger partial charge in [-0.05, 0) is 88.2 Å². The number of anilines is 3. The number of benzene rings is 2. The van der Waals surface area contributed by atoms with Gasteiger partial charge in [0.2, 0.25) is 35.4 Å². The Balaban J connectivity index is 1.19. The number of hydrogen-bond donors (Lipinski definition) is 6. The molecule has 0 aliphatic carbocycles. The molecule has 2 aliphatic rings. The molecule has 1 saturated heterocycles. The molecule has 0 bridgehead atoms. The average molecular weight is 761 g/mol. The zero-order valence-electron chi connectivity index (χ0n) is 32.3. The highest BCUT2D eigenvalue weighted by molar-refractivity contribution is 6.18. The third kappa shape index (κ3) is 12.6. The predicted octanol–water partition coefficient (Wildman–Crippen LogP) is 2.72. The van der Waals surface area contributed by atoms with E-state index in [0.717, 1.165) is 45.2 Å². The molecule has 7 N–H and O–H groups in total. The first kappa shape index (κ1) is 42.4. The van der Waals surface area contributed by atoms with Crippen molar-refractivity contribution in [3.8, 4) is 0 Å². The van der Waals surface area contributed by atoms with E-state index in [0.29, 0.717) is 41.5 Å². The first-order valence-electron chi connectivity index (χ1n) is 19.2. The van der Waals surface area contributed by atoms with E-state index in [2.05, 4.69) is 31.5 Å². The van der Waals surface area contributed by atoms with Crippen LogP contribution in [0, 0.1) is 11.8 Å². The van der Waals surface area contributed by atoms with Crippen LogP contribution in [0.4, 0.5) is 17.1 Å². The molecule has 0 saturated carbocycles. The number of amides is 7. The van der Waals surface area contributed by atoms with Crippen LogP contribution >= 0.6 is 0 Å². The number of para-hydroxylation sites is 3. The van der Waals surface area contributed by atoms with Gasteiger partial charge in [-0.1, -0.05) is 51.0 Å². The van der Waals surface area contributed by atoms with Crippen LogP contribution in [0.2, 0.25) is 0 Å². The lowest BCUT2D eigenvalue weighted by atomic mass is 9.91. The fourth-order valence-corrected chi connectivity index (χ4v) is 6.99. The second kappa shape index (κ2) is 20.4. The first-order chi connectivity index (χ1) is 26.2. The Hall–Kier alpha value is -5.31. The van der Waals surface area contributed by atoms with E-state index in [4.69, 9.17) is 5.73 Å². The molecule has 0 unspecified atom stereocenters. The molecule has 3 atom stereocenters. The van der Waals surface area contributed by atoms with E-state index in [9.17, 15) is 33.6 Å². The van der Waals surface area contributed by atoms with Crippen molar-refractivity contribution in [1.29, 1.82) is 0 Å². The van der Waals surface area contributed by atoms with Crippen molar-refractivity contribution >= 4 is 58.4 Å². The van der Waals surface area contributed by atoms with Gasteiger partial charge >= 0.3 is 0 Å². The molecule has 2 aromatic rings. The fourth-order valence-electron chi connectivity index (χ4n) is 6.99. The lowest BCUT2D eigenvalue weighted by Crippen LogP contribution is -2.56. The number of piperidine rings is 1. The minimum Gasteiger partial charge on any atom is -0.370 e. The van der Waals surface area contributed by atoms with Gasteiger partial charge in [-0.3, -0.25) is 43.4 Å². The van der Waals surface area contributed by atoms with Crippen molar-refractivity contribution in [2.24, 2.45) is 17.6 Å². The number of nitrogens with zero attached hydrogens (tertiary/aromatic N) is 2. The Kier molecular flexibility index (Phi) is 15.7. The molecule has 2 aliphatic heterocycles. The SMILES string of the molecule is CC(=O)N[C@@H](CCC(N)=O)C(=O)N[C@@H](C)C(=O)N[C@@H](CC(C)C)C(=O)NCCCCC1CCN(CC(=O)N2c3ccccc3NC(=O)c3ccccc32)CC1. The quantitative estimate of drug-likeness (QED) is 0.124. The Morgan fingerprint density at radius 3 is 2.18 bits per heavy atom. The number of fused-ring (bicyclic) bond motifs is 2. The zero-order valence-corrected chi connectivity index (χ0v) is 32.3. The minimum atomic E-state index is -1.04. The summed E-state index contributed by atoms with van der Waals surface area (Å²) in [5.74, 6) is -2.29. The number of nitrogens with two attached hydrogens (primary N) is 1. The van der Waals surface area contributed by atoms with E-state index in [1.807, 2.05) is 38.1 Å². The molecule has 2 aromatic carbocycles. The smallest absolute Gasteiger partial charge is 0.257 e. The topological polar surface area (TPSA) is 212 Å². The number of likely N-dealkylation sites (tertiary alicyclic amines) is 1. The molecular weight excluding hydrogens is 704 g/mol. The molecular formula is C40H56N8O7. The van der Waals surface area contributed by atoms with Gasteiger partial charge in [0.1, 0.15) is 18.1 Å². The Bertz CT molecular complexity index is 1710. The standard InChI is InChI=1S/C40H56N8O7/c1-25(2)23-32(46-37(52)26(3)43-40(55)31(44-27(4)49)16-17-35(41)50)39(54)42-20-10-9-11-28-18-21-47(22-19-28)24-36(51)48-33-14-7-5-12-29(33)38(53)45-30-13-6-8-15-34(30)48/h5-8,12-15,25-26,28,31-32H,9-11,16-24H2,1-4H3,(H2,41,50)(H,42,54)(H,43,55)(H,44,49)(H,45,53)(H,46,52)/t26-,31-,32-/m0/s1. The van der Waals surface area contributed by atoms with Crippen LogP contribution in [0.15, 0.2) is 48.5 Å². The van der Waals surface area contributed by atoms with Crippen LogP contribution in [0.3, 0.4) is 0 Å². The van der Waals surface area contributed by atoms with E-state index in [-0.39, 0.29) is 43.0 Å². The number of carbonyl (C=O) groups is 7. The molecule has 2 heterocycles. The van der Waals surface area contributed by atoms with Gasteiger partial charge in [0, 0.05) is 19.9 Å². The third-order valence-corrected chi connectivity index (χ3v) is 9.90. The number of unbranched alkanes of at least 4 members (excludes halogenated alkanes) is 1. The summed E-state index contributed by atoms with van der Waals surface area (Å²) in [6, 6.07) is 11.6. The number of primary amides is 1. The highest BCUT2D eigenvalue weighted by Gasteiger charge is 2.31. The fraction of sp³-hybridized carbons (Fsp3) is 0.525. The van der Waals surface area contributed by atoms with Crippen molar-refractivity contribution in [2.75, 3.05) is 36.4 Å². The third-order valence-electron chi connectivity index (χ3n) is 9.90. The maximum Gasteiger partial charge on any atom is 0.257 e. The van der Waals surface area contributed by atoms with Crippen LogP contribution in [0.25, 0.3) is 0 Å². The van der Waals surface area contributed by atoms with Gasteiger partial charge in [0.15, 0.2) is 0 Å². The zero-order chi connectivity index (χ0) is 40.1. The van der Waals surface area contributed by atoms with Crippen molar-refractivity contribution in [3.63, 3.8) is 0 Å². The highest BCUT2D eigenvalue weighted by atomic mass is 16.2. The monoisotopic (exact) mass is 760 g/mol. The summed E-state index contributed by atoms with van der Waals surface area (Å²) in [5, 5.41) is 13.7. The van der Waals surface area contributed by atoms with Gasteiger partial charge in [-0.25, -0.2) is 0 Å². The molecule has 55 heavy (non-hydrogen) atoms. The Morgan fingerprint density at radius 1 is 0.836 bits per heavy atom. The maximum atomic E-state index is 13.8. The summed E-state index contributed by atoms with van der Waals surface area (Å²) >= 11 is 0. The van der Waals surface area contributed by atoms with Crippen molar-refractivity contribution in [2.45, 2.75) is 97.2 Å². The largest absolute Gasteiger partial charge is 0.370 e. The van der Waals surface area contributed by atoms with Crippen LogP contribution in [0.5, 0.6) is 0 Å². The van der Waals surface area contributed by atoms with Gasteiger partial charge < -0.3 is 32.3 Å². The van der Waals surface area contributed by atoms with E-state index >= 15 is 0 Å². The summed E-state index contributed by atoms with van der Waals surface area (Å²) in [6.07, 6.45) is 4.88.